The normalized spacial score (nSPS) is 21.0. The molecule has 0 bridgehead atoms. The second kappa shape index (κ2) is 6.12. The summed E-state index contributed by atoms with van der Waals surface area (Å²) in [6, 6.07) is 0. The van der Waals surface area contributed by atoms with Gasteiger partial charge in [-0.15, -0.1) is 0 Å². The summed E-state index contributed by atoms with van der Waals surface area (Å²) in [7, 11) is 4.09. The van der Waals surface area contributed by atoms with Crippen LogP contribution in [0, 0.1) is 5.92 Å². The van der Waals surface area contributed by atoms with E-state index in [1.165, 1.54) is 12.8 Å². The van der Waals surface area contributed by atoms with Gasteiger partial charge in [-0.05, 0) is 45.9 Å². The Morgan fingerprint density at radius 2 is 2.35 bits per heavy atom. The molecule has 1 N–H and O–H groups in total. The first-order chi connectivity index (χ1) is 8.24. The van der Waals surface area contributed by atoms with Gasteiger partial charge in [0, 0.05) is 19.4 Å². The van der Waals surface area contributed by atoms with Gasteiger partial charge in [0.1, 0.15) is 0 Å². The molecule has 96 valence electrons. The zero-order valence-corrected chi connectivity index (χ0v) is 10.8. The molecule has 1 atom stereocenters. The molecule has 1 unspecified atom stereocenters. The minimum atomic E-state index is 0.669. The average molecular weight is 238 g/mol. The lowest BCUT2D eigenvalue weighted by Gasteiger charge is -2.20. The summed E-state index contributed by atoms with van der Waals surface area (Å²) in [6.45, 7) is 3.19. The maximum Gasteiger partial charge on any atom is 0.227 e. The predicted molar refractivity (Wildman–Crippen MR) is 65.9 cm³/mol. The highest BCUT2D eigenvalue weighted by Gasteiger charge is 2.16. The minimum absolute atomic E-state index is 0.669. The highest BCUT2D eigenvalue weighted by atomic mass is 16.5. The molecule has 1 fully saturated rings. The van der Waals surface area contributed by atoms with Gasteiger partial charge in [-0.1, -0.05) is 5.16 Å². The molecule has 1 aliphatic heterocycles. The molecular formula is C12H22N4O. The van der Waals surface area contributed by atoms with E-state index >= 15 is 0 Å². The Hall–Kier alpha value is -0.940. The molecule has 0 spiro atoms. The van der Waals surface area contributed by atoms with E-state index in [1.807, 2.05) is 14.1 Å². The zero-order valence-electron chi connectivity index (χ0n) is 10.8. The lowest BCUT2D eigenvalue weighted by Crippen LogP contribution is -2.31. The van der Waals surface area contributed by atoms with Crippen LogP contribution < -0.4 is 5.32 Å². The average Bonchev–Trinajstić information content (AvgIpc) is 2.75. The molecule has 0 aromatic carbocycles. The molecule has 0 amide bonds. The van der Waals surface area contributed by atoms with Gasteiger partial charge < -0.3 is 14.7 Å². The maximum atomic E-state index is 5.25. The number of aromatic nitrogens is 2. The monoisotopic (exact) mass is 238 g/mol. The molecule has 5 nitrogen and oxygen atoms in total. The number of piperidine rings is 1. The molecule has 17 heavy (non-hydrogen) atoms. The van der Waals surface area contributed by atoms with Crippen molar-refractivity contribution in [1.29, 1.82) is 0 Å². The lowest BCUT2D eigenvalue weighted by molar-refractivity contribution is 0.334. The standard InChI is InChI=1S/C12H22N4O/c1-16(2)7-5-12-14-11(15-17-12)8-10-4-3-6-13-9-10/h10,13H,3-9H2,1-2H3. The van der Waals surface area contributed by atoms with Crippen LogP contribution >= 0.6 is 0 Å². The molecule has 1 aromatic heterocycles. The van der Waals surface area contributed by atoms with Gasteiger partial charge in [-0.2, -0.15) is 4.98 Å². The SMILES string of the molecule is CN(C)CCc1nc(CC2CCCNC2)no1. The highest BCUT2D eigenvalue weighted by molar-refractivity contribution is 4.90. The van der Waals surface area contributed by atoms with Crippen molar-refractivity contribution in [2.75, 3.05) is 33.7 Å². The first kappa shape index (κ1) is 12.5. The summed E-state index contributed by atoms with van der Waals surface area (Å²) in [5.74, 6) is 2.30. The van der Waals surface area contributed by atoms with Crippen LogP contribution in [0.3, 0.4) is 0 Å². The molecule has 0 saturated carbocycles. The van der Waals surface area contributed by atoms with Crippen LogP contribution in [0.25, 0.3) is 0 Å². The summed E-state index contributed by atoms with van der Waals surface area (Å²) in [5, 5.41) is 7.46. The lowest BCUT2D eigenvalue weighted by atomic mass is 9.96. The zero-order chi connectivity index (χ0) is 12.1. The summed E-state index contributed by atoms with van der Waals surface area (Å²) in [5.41, 5.74) is 0. The Balaban J connectivity index is 1.80. The van der Waals surface area contributed by atoms with Gasteiger partial charge in [-0.25, -0.2) is 0 Å². The fourth-order valence-electron chi connectivity index (χ4n) is 2.15. The molecule has 2 rings (SSSR count). The molecule has 5 heteroatoms. The third-order valence-electron chi connectivity index (χ3n) is 3.15. The molecule has 1 aromatic rings. The molecule has 0 aliphatic carbocycles. The van der Waals surface area contributed by atoms with Gasteiger partial charge in [0.05, 0.1) is 0 Å². The minimum Gasteiger partial charge on any atom is -0.339 e. The van der Waals surface area contributed by atoms with Crippen molar-refractivity contribution >= 4 is 0 Å². The first-order valence-corrected chi connectivity index (χ1v) is 6.41. The second-order valence-electron chi connectivity index (χ2n) is 5.07. The largest absolute Gasteiger partial charge is 0.339 e. The van der Waals surface area contributed by atoms with Crippen LogP contribution in [-0.2, 0) is 12.8 Å². The van der Waals surface area contributed by atoms with Crippen LogP contribution in [0.2, 0.25) is 0 Å². The van der Waals surface area contributed by atoms with Crippen molar-refractivity contribution in [3.8, 4) is 0 Å². The summed E-state index contributed by atoms with van der Waals surface area (Å²) >= 11 is 0. The fourth-order valence-corrected chi connectivity index (χ4v) is 2.15. The van der Waals surface area contributed by atoms with E-state index in [-0.39, 0.29) is 0 Å². The number of nitrogens with one attached hydrogen (secondary N) is 1. The molecule has 1 saturated heterocycles. The molecule has 1 aliphatic rings. The Morgan fingerprint density at radius 3 is 3.06 bits per heavy atom. The van der Waals surface area contributed by atoms with Gasteiger partial charge in [0.15, 0.2) is 5.82 Å². The predicted octanol–water partition coefficient (Wildman–Crippen LogP) is 0.716. The van der Waals surface area contributed by atoms with Crippen molar-refractivity contribution in [2.45, 2.75) is 25.7 Å². The summed E-state index contributed by atoms with van der Waals surface area (Å²) in [4.78, 5) is 6.56. The van der Waals surface area contributed by atoms with E-state index < -0.39 is 0 Å². The van der Waals surface area contributed by atoms with Crippen molar-refractivity contribution in [1.82, 2.24) is 20.4 Å². The van der Waals surface area contributed by atoms with E-state index in [1.54, 1.807) is 0 Å². The maximum absolute atomic E-state index is 5.25. The van der Waals surface area contributed by atoms with Gasteiger partial charge in [-0.3, -0.25) is 0 Å². The number of likely N-dealkylation sites (N-methyl/N-ethyl adjacent to an activating group) is 1. The van der Waals surface area contributed by atoms with E-state index in [2.05, 4.69) is 20.4 Å². The van der Waals surface area contributed by atoms with Crippen molar-refractivity contribution in [3.63, 3.8) is 0 Å². The smallest absolute Gasteiger partial charge is 0.227 e. The van der Waals surface area contributed by atoms with Crippen LogP contribution in [0.1, 0.15) is 24.6 Å². The van der Waals surface area contributed by atoms with Gasteiger partial charge in [0.2, 0.25) is 5.89 Å². The van der Waals surface area contributed by atoms with Gasteiger partial charge >= 0.3 is 0 Å². The Morgan fingerprint density at radius 1 is 1.47 bits per heavy atom. The highest BCUT2D eigenvalue weighted by Crippen LogP contribution is 2.14. The Kier molecular flexibility index (Phi) is 4.50. The van der Waals surface area contributed by atoms with Crippen LogP contribution in [0.15, 0.2) is 4.52 Å². The first-order valence-electron chi connectivity index (χ1n) is 6.41. The van der Waals surface area contributed by atoms with Gasteiger partial charge in [0.25, 0.3) is 0 Å². The van der Waals surface area contributed by atoms with Crippen molar-refractivity contribution < 1.29 is 4.52 Å². The number of nitrogens with zero attached hydrogens (tertiary/aromatic N) is 3. The van der Waals surface area contributed by atoms with E-state index in [9.17, 15) is 0 Å². The Bertz CT molecular complexity index is 331. The third-order valence-corrected chi connectivity index (χ3v) is 3.15. The number of hydrogen-bond acceptors (Lipinski definition) is 5. The van der Waals surface area contributed by atoms with Crippen molar-refractivity contribution in [3.05, 3.63) is 11.7 Å². The topological polar surface area (TPSA) is 54.2 Å². The molecule has 0 radical (unpaired) electrons. The van der Waals surface area contributed by atoms with E-state index in [4.69, 9.17) is 4.52 Å². The quantitative estimate of drug-likeness (QED) is 0.819. The second-order valence-corrected chi connectivity index (χ2v) is 5.07. The Labute approximate surface area is 103 Å². The van der Waals surface area contributed by atoms with E-state index in [0.717, 1.165) is 44.2 Å². The molecular weight excluding hydrogens is 216 g/mol. The number of rotatable bonds is 5. The molecule has 2 heterocycles. The van der Waals surface area contributed by atoms with Crippen LogP contribution in [0.4, 0.5) is 0 Å². The third kappa shape index (κ3) is 4.09. The van der Waals surface area contributed by atoms with Crippen molar-refractivity contribution in [2.24, 2.45) is 5.92 Å². The summed E-state index contributed by atoms with van der Waals surface area (Å²) < 4.78 is 5.25. The van der Waals surface area contributed by atoms with Crippen LogP contribution in [0.5, 0.6) is 0 Å². The fraction of sp³-hybridized carbons (Fsp3) is 0.833. The van der Waals surface area contributed by atoms with E-state index in [0.29, 0.717) is 5.92 Å². The summed E-state index contributed by atoms with van der Waals surface area (Å²) in [6.07, 6.45) is 4.31. The number of hydrogen-bond donors (Lipinski definition) is 1. The van der Waals surface area contributed by atoms with Crippen LogP contribution in [-0.4, -0.2) is 48.8 Å².